The van der Waals surface area contributed by atoms with Gasteiger partial charge in [0.05, 0.1) is 10.7 Å². The predicted molar refractivity (Wildman–Crippen MR) is 187 cm³/mol. The van der Waals surface area contributed by atoms with E-state index in [1.165, 1.54) is 6.07 Å². The molecule has 11 N–H and O–H groups in total. The summed E-state index contributed by atoms with van der Waals surface area (Å²) >= 11 is 6.27. The van der Waals surface area contributed by atoms with E-state index in [-0.39, 0.29) is 28.6 Å². The van der Waals surface area contributed by atoms with E-state index in [1.54, 1.807) is 35.4 Å². The van der Waals surface area contributed by atoms with E-state index in [4.69, 9.17) is 28.8 Å². The Labute approximate surface area is 281 Å². The molecule has 0 radical (unpaired) electrons. The Morgan fingerprint density at radius 2 is 1.94 bits per heavy atom. The van der Waals surface area contributed by atoms with Gasteiger partial charge in [0.1, 0.15) is 11.3 Å². The van der Waals surface area contributed by atoms with Crippen LogP contribution in [0.25, 0.3) is 17.5 Å². The fraction of sp³-hybridized carbons (Fsp3) is 0.333. The Kier molecular flexibility index (Phi) is 11.4. The maximum Gasteiger partial charge on any atom is 0.264 e. The summed E-state index contributed by atoms with van der Waals surface area (Å²) < 4.78 is 15.2. The first-order valence-corrected chi connectivity index (χ1v) is 16.1. The summed E-state index contributed by atoms with van der Waals surface area (Å²) in [6, 6.07) is 16.0. The van der Waals surface area contributed by atoms with E-state index >= 15 is 4.39 Å². The van der Waals surface area contributed by atoms with Crippen molar-refractivity contribution < 1.29 is 9.50 Å². The average Bonchev–Trinajstić information content (AvgIpc) is 3.46. The fourth-order valence-corrected chi connectivity index (χ4v) is 5.61. The van der Waals surface area contributed by atoms with Crippen LogP contribution in [0.15, 0.2) is 69.4 Å². The van der Waals surface area contributed by atoms with Crippen LogP contribution < -0.4 is 49.0 Å². The van der Waals surface area contributed by atoms with E-state index in [1.807, 2.05) is 31.2 Å². The van der Waals surface area contributed by atoms with Gasteiger partial charge in [-0.25, -0.2) is 14.5 Å². The van der Waals surface area contributed by atoms with Crippen LogP contribution in [0.4, 0.5) is 15.9 Å². The SMILES string of the molecule is C[C@H](N)CCCc1cc(Cl)c(F)c(-c2cc3c([nH]2)=NC(O)N(c2ccc(CN[C@H](CCN=C(N)N)CNc4ccc(=O)[nH]n4)cc2)C=3)c1. The van der Waals surface area contributed by atoms with E-state index in [2.05, 4.69) is 35.8 Å². The molecule has 5 rings (SSSR count). The zero-order valence-corrected chi connectivity index (χ0v) is 27.3. The number of fused-ring (bicyclic) bond motifs is 1. The second-order valence-corrected chi connectivity index (χ2v) is 12.2. The third-order valence-electron chi connectivity index (χ3n) is 7.91. The van der Waals surface area contributed by atoms with Crippen molar-refractivity contribution in [2.75, 3.05) is 23.3 Å². The van der Waals surface area contributed by atoms with Gasteiger partial charge < -0.3 is 42.8 Å². The second kappa shape index (κ2) is 15.9. The number of aliphatic hydroxyl groups excluding tert-OH is 1. The molecule has 0 saturated heterocycles. The molecule has 1 unspecified atom stereocenters. The van der Waals surface area contributed by atoms with Crippen molar-refractivity contribution in [3.05, 3.63) is 97.6 Å². The lowest BCUT2D eigenvalue weighted by molar-refractivity contribution is 0.186. The Bertz CT molecular complexity index is 1890. The summed E-state index contributed by atoms with van der Waals surface area (Å²) in [6.07, 6.45) is 3.70. The third-order valence-corrected chi connectivity index (χ3v) is 8.19. The molecule has 13 nitrogen and oxygen atoms in total. The van der Waals surface area contributed by atoms with E-state index in [0.717, 1.165) is 36.1 Å². The van der Waals surface area contributed by atoms with Gasteiger partial charge in [0.25, 0.3) is 5.56 Å². The highest BCUT2D eigenvalue weighted by atomic mass is 35.5. The summed E-state index contributed by atoms with van der Waals surface area (Å²) in [4.78, 5) is 24.6. The lowest BCUT2D eigenvalue weighted by Gasteiger charge is -2.25. The highest BCUT2D eigenvalue weighted by molar-refractivity contribution is 6.31. The summed E-state index contributed by atoms with van der Waals surface area (Å²) in [5.74, 6) is 0.0539. The molecule has 2 aromatic carbocycles. The number of nitrogens with one attached hydrogen (secondary N) is 4. The molecule has 1 aliphatic heterocycles. The molecule has 254 valence electrons. The third kappa shape index (κ3) is 9.19. The van der Waals surface area contributed by atoms with Crippen LogP contribution in [-0.2, 0) is 13.0 Å². The Balaban J connectivity index is 1.27. The molecule has 0 bridgehead atoms. The molecule has 0 fully saturated rings. The molecular formula is C33H41ClFN11O2. The highest BCUT2D eigenvalue weighted by Crippen LogP contribution is 2.29. The number of rotatable bonds is 15. The maximum absolute atomic E-state index is 15.2. The average molecular weight is 678 g/mol. The fourth-order valence-electron chi connectivity index (χ4n) is 5.37. The topological polar surface area (TPSA) is 212 Å². The number of aryl methyl sites for hydroxylation is 1. The van der Waals surface area contributed by atoms with Gasteiger partial charge in [-0.05, 0) is 80.1 Å². The van der Waals surface area contributed by atoms with Crippen molar-refractivity contribution in [3.63, 3.8) is 0 Å². The number of anilines is 2. The first kappa shape index (κ1) is 34.6. The van der Waals surface area contributed by atoms with Crippen molar-refractivity contribution in [2.24, 2.45) is 27.2 Å². The van der Waals surface area contributed by atoms with Crippen LogP contribution in [0, 0.1) is 5.82 Å². The van der Waals surface area contributed by atoms with Crippen molar-refractivity contribution in [3.8, 4) is 11.3 Å². The van der Waals surface area contributed by atoms with E-state index < -0.39 is 12.2 Å². The van der Waals surface area contributed by atoms with Gasteiger partial charge in [-0.2, -0.15) is 5.10 Å². The largest absolute Gasteiger partial charge is 0.370 e. The number of halogens is 2. The molecule has 48 heavy (non-hydrogen) atoms. The summed E-state index contributed by atoms with van der Waals surface area (Å²) in [5.41, 5.74) is 20.6. The maximum atomic E-state index is 15.2. The smallest absolute Gasteiger partial charge is 0.264 e. The van der Waals surface area contributed by atoms with Crippen molar-refractivity contribution in [2.45, 2.75) is 57.6 Å². The number of aliphatic hydroxyl groups is 1. The van der Waals surface area contributed by atoms with Crippen LogP contribution in [0.2, 0.25) is 5.02 Å². The molecule has 15 heteroatoms. The minimum atomic E-state index is -1.18. The standard InChI is InChI=1S/C33H41ClFN11O2/c1-19(36)3-2-4-21-13-25(30(35)26(34)14-21)27-15-22-18-46(33(48)43-31(22)42-27)24-7-5-20(6-8-24)16-40-23(11-12-39-32(37)38)17-41-28-9-10-29(47)45-44-28/h5-10,13-15,18-19,23,33,40,48H,2-4,11-12,16-17,36H2,1H3,(H,41,44)(H,42,43)(H,45,47)(H4,37,38,39)/t19-,23+,33?/m0/s1. The molecule has 0 saturated carbocycles. The zero-order valence-electron chi connectivity index (χ0n) is 26.6. The van der Waals surface area contributed by atoms with Crippen molar-refractivity contribution in [1.82, 2.24) is 20.5 Å². The Morgan fingerprint density at radius 1 is 1.15 bits per heavy atom. The van der Waals surface area contributed by atoms with Gasteiger partial charge in [-0.15, -0.1) is 0 Å². The van der Waals surface area contributed by atoms with Crippen LogP contribution in [0.5, 0.6) is 0 Å². The monoisotopic (exact) mass is 677 g/mol. The number of aromatic nitrogens is 3. The number of benzene rings is 2. The van der Waals surface area contributed by atoms with Gasteiger partial charge in [0, 0.05) is 60.5 Å². The van der Waals surface area contributed by atoms with E-state index in [9.17, 15) is 9.90 Å². The Hall–Kier alpha value is -4.76. The summed E-state index contributed by atoms with van der Waals surface area (Å²) in [7, 11) is 0. The molecule has 4 aromatic rings. The Morgan fingerprint density at radius 3 is 2.65 bits per heavy atom. The minimum Gasteiger partial charge on any atom is -0.370 e. The molecule has 2 aromatic heterocycles. The predicted octanol–water partition coefficient (Wildman–Crippen LogP) is 1.61. The molecule has 1 aliphatic rings. The van der Waals surface area contributed by atoms with Gasteiger partial charge in [-0.3, -0.25) is 9.79 Å². The normalized spacial score (nSPS) is 15.2. The minimum absolute atomic E-state index is 0.0196. The van der Waals surface area contributed by atoms with Crippen LogP contribution >= 0.6 is 11.6 Å². The number of aromatic amines is 2. The van der Waals surface area contributed by atoms with Crippen LogP contribution in [0.3, 0.4) is 0 Å². The number of nitrogens with two attached hydrogens (primary N) is 3. The first-order chi connectivity index (χ1) is 23.0. The van der Waals surface area contributed by atoms with Gasteiger partial charge in [0.2, 0.25) is 6.35 Å². The number of hydrogen-bond acceptors (Lipinski definition) is 9. The first-order valence-electron chi connectivity index (χ1n) is 15.7. The second-order valence-electron chi connectivity index (χ2n) is 11.8. The number of H-pyrrole nitrogens is 2. The summed E-state index contributed by atoms with van der Waals surface area (Å²) in [5, 5.41) is 24.8. The molecule has 0 spiro atoms. The zero-order chi connectivity index (χ0) is 34.2. The number of nitrogens with zero attached hydrogens (tertiary/aromatic N) is 4. The molecular weight excluding hydrogens is 637 g/mol. The molecule has 3 heterocycles. The van der Waals surface area contributed by atoms with E-state index in [0.29, 0.717) is 53.8 Å². The molecule has 0 amide bonds. The highest BCUT2D eigenvalue weighted by Gasteiger charge is 2.20. The van der Waals surface area contributed by atoms with Crippen molar-refractivity contribution >= 4 is 35.3 Å². The van der Waals surface area contributed by atoms with Crippen LogP contribution in [-0.4, -0.2) is 57.8 Å². The number of aliphatic imine (C=N–C) groups is 1. The lowest BCUT2D eigenvalue weighted by atomic mass is 10.0. The van der Waals surface area contributed by atoms with Crippen LogP contribution in [0.1, 0.15) is 37.3 Å². The van der Waals surface area contributed by atoms with Gasteiger partial charge >= 0.3 is 0 Å². The quantitative estimate of drug-likeness (QED) is 0.0677. The number of guanidine groups is 1. The molecule has 3 atom stereocenters. The number of hydrogen-bond donors (Lipinski definition) is 8. The van der Waals surface area contributed by atoms with Gasteiger partial charge in [0.15, 0.2) is 11.8 Å². The van der Waals surface area contributed by atoms with Crippen molar-refractivity contribution in [1.29, 1.82) is 0 Å². The van der Waals surface area contributed by atoms with Gasteiger partial charge in [-0.1, -0.05) is 23.7 Å². The summed E-state index contributed by atoms with van der Waals surface area (Å²) in [6.45, 7) is 3.47. The molecule has 0 aliphatic carbocycles. The lowest BCUT2D eigenvalue weighted by Crippen LogP contribution is -2.41.